The van der Waals surface area contributed by atoms with Crippen molar-refractivity contribution in [1.82, 2.24) is 10.5 Å². The lowest BCUT2D eigenvalue weighted by Gasteiger charge is -2.23. The van der Waals surface area contributed by atoms with Gasteiger partial charge in [0, 0.05) is 35.0 Å². The first kappa shape index (κ1) is 18.8. The summed E-state index contributed by atoms with van der Waals surface area (Å²) in [5, 5.41) is 14.2. The number of benzene rings is 6. The van der Waals surface area contributed by atoms with Crippen molar-refractivity contribution in [3.05, 3.63) is 109 Å². The molecule has 0 saturated heterocycles. The van der Waals surface area contributed by atoms with Gasteiger partial charge in [-0.3, -0.25) is 10.0 Å². The van der Waals surface area contributed by atoms with Crippen molar-refractivity contribution in [2.24, 2.45) is 0 Å². The molecular weight excluding hydrogens is 430 g/mol. The maximum Gasteiger partial charge on any atom is 0.136 e. The second-order valence-corrected chi connectivity index (χ2v) is 9.29. The zero-order valence-electron chi connectivity index (χ0n) is 19.1. The van der Waals surface area contributed by atoms with Crippen molar-refractivity contribution in [3.63, 3.8) is 0 Å². The summed E-state index contributed by atoms with van der Waals surface area (Å²) in [5.41, 5.74) is 8.64. The van der Waals surface area contributed by atoms with Gasteiger partial charge in [-0.15, -0.1) is 5.53 Å². The lowest BCUT2D eigenvalue weighted by atomic mass is 9.93. The highest BCUT2D eigenvalue weighted by Gasteiger charge is 2.23. The largest absolute Gasteiger partial charge is 0.456 e. The van der Waals surface area contributed by atoms with Crippen molar-refractivity contribution < 1.29 is 4.42 Å². The molecule has 0 unspecified atom stereocenters. The molecule has 2 heterocycles. The third-order valence-corrected chi connectivity index (χ3v) is 7.31. The topological polar surface area (TPSA) is 31.6 Å². The summed E-state index contributed by atoms with van der Waals surface area (Å²) in [6.45, 7) is 0. The van der Waals surface area contributed by atoms with Gasteiger partial charge < -0.3 is 4.42 Å². The number of para-hydroxylation sites is 1. The summed E-state index contributed by atoms with van der Waals surface area (Å²) in [6, 6.07) is 34.5. The van der Waals surface area contributed by atoms with E-state index in [1.54, 1.807) is 0 Å². The Labute approximate surface area is 201 Å². The zero-order chi connectivity index (χ0) is 23.1. The van der Waals surface area contributed by atoms with Gasteiger partial charge in [0.1, 0.15) is 11.2 Å². The Hall–Kier alpha value is -4.54. The summed E-state index contributed by atoms with van der Waals surface area (Å²) in [4.78, 5) is 0. The molecule has 0 radical (unpaired) electrons. The standard InChI is InChI=1S/C31H21N3O/c1-33-27(22-12-14-24-23-7-2-3-8-28(23)35-29(24)17-22)18-34(32-33)26-16-13-21-10-9-19-5-4-6-20-11-15-25(26)31(21)30(19)20/h2-18,32H,1H3. The van der Waals surface area contributed by atoms with E-state index in [0.717, 1.165) is 38.9 Å². The van der Waals surface area contributed by atoms with Crippen LogP contribution in [0.5, 0.6) is 0 Å². The third kappa shape index (κ3) is 2.60. The van der Waals surface area contributed by atoms with Gasteiger partial charge in [-0.25, -0.2) is 0 Å². The summed E-state index contributed by atoms with van der Waals surface area (Å²) < 4.78 is 6.14. The first-order valence-electron chi connectivity index (χ1n) is 11.8. The molecule has 0 saturated carbocycles. The zero-order valence-corrected chi connectivity index (χ0v) is 19.1. The van der Waals surface area contributed by atoms with Gasteiger partial charge in [-0.2, -0.15) is 0 Å². The van der Waals surface area contributed by atoms with E-state index in [4.69, 9.17) is 4.42 Å². The van der Waals surface area contributed by atoms with Crippen LogP contribution in [0.2, 0.25) is 0 Å². The maximum atomic E-state index is 6.14. The molecule has 1 N–H and O–H groups in total. The van der Waals surface area contributed by atoms with Crippen LogP contribution in [0.15, 0.2) is 108 Å². The number of rotatable bonds is 2. The van der Waals surface area contributed by atoms with Crippen LogP contribution in [0.3, 0.4) is 0 Å². The number of hydrazine groups is 2. The number of hydrogen-bond donors (Lipinski definition) is 1. The predicted octanol–water partition coefficient (Wildman–Crippen LogP) is 7.65. The highest BCUT2D eigenvalue weighted by atomic mass is 16.3. The fraction of sp³-hybridized carbons (Fsp3) is 0.0323. The smallest absolute Gasteiger partial charge is 0.136 e. The second kappa shape index (κ2) is 6.75. The van der Waals surface area contributed by atoms with Gasteiger partial charge in [-0.05, 0) is 51.2 Å². The molecular formula is C31H21N3O. The fourth-order valence-electron chi connectivity index (χ4n) is 5.66. The monoisotopic (exact) mass is 451 g/mol. The summed E-state index contributed by atoms with van der Waals surface area (Å²) in [6.07, 6.45) is 2.16. The number of nitrogens with one attached hydrogen (secondary N) is 1. The molecule has 166 valence electrons. The van der Waals surface area contributed by atoms with Gasteiger partial charge in [0.15, 0.2) is 0 Å². The minimum absolute atomic E-state index is 0.902. The molecule has 0 aliphatic carbocycles. The molecule has 4 heteroatoms. The Kier molecular flexibility index (Phi) is 3.63. The van der Waals surface area contributed by atoms with Crippen molar-refractivity contribution in [1.29, 1.82) is 0 Å². The van der Waals surface area contributed by atoms with Gasteiger partial charge in [-0.1, -0.05) is 72.8 Å². The van der Waals surface area contributed by atoms with Crippen LogP contribution in [0.4, 0.5) is 5.69 Å². The maximum absolute atomic E-state index is 6.14. The number of nitrogens with zero attached hydrogens (tertiary/aromatic N) is 2. The molecule has 1 aliphatic rings. The molecule has 0 amide bonds. The molecule has 0 bridgehead atoms. The van der Waals surface area contributed by atoms with Gasteiger partial charge in [0.25, 0.3) is 0 Å². The highest BCUT2D eigenvalue weighted by molar-refractivity contribution is 6.25. The molecule has 1 aliphatic heterocycles. The van der Waals surface area contributed by atoms with Crippen molar-refractivity contribution in [2.45, 2.75) is 0 Å². The molecule has 6 aromatic carbocycles. The molecule has 4 nitrogen and oxygen atoms in total. The Bertz CT molecular complexity index is 1950. The Morgan fingerprint density at radius 3 is 2.23 bits per heavy atom. The number of anilines is 1. The van der Waals surface area contributed by atoms with Gasteiger partial charge in [0.2, 0.25) is 0 Å². The summed E-state index contributed by atoms with van der Waals surface area (Å²) in [7, 11) is 2.05. The number of furan rings is 1. The first-order chi connectivity index (χ1) is 17.2. The molecule has 0 atom stereocenters. The molecule has 0 fully saturated rings. The third-order valence-electron chi connectivity index (χ3n) is 7.31. The van der Waals surface area contributed by atoms with Gasteiger partial charge >= 0.3 is 0 Å². The molecule has 8 rings (SSSR count). The van der Waals surface area contributed by atoms with Crippen LogP contribution in [0, 0.1) is 0 Å². The number of hydrogen-bond acceptors (Lipinski definition) is 4. The first-order valence-corrected chi connectivity index (χ1v) is 11.8. The van der Waals surface area contributed by atoms with Crippen LogP contribution in [0.1, 0.15) is 5.56 Å². The van der Waals surface area contributed by atoms with E-state index in [1.807, 2.05) is 19.2 Å². The lowest BCUT2D eigenvalue weighted by Crippen LogP contribution is -2.37. The summed E-state index contributed by atoms with van der Waals surface area (Å²) >= 11 is 0. The van der Waals surface area contributed by atoms with Gasteiger partial charge in [0.05, 0.1) is 11.4 Å². The molecule has 7 aromatic rings. The molecule has 1 aromatic heterocycles. The fourth-order valence-corrected chi connectivity index (χ4v) is 5.66. The Balaban J connectivity index is 1.28. The average molecular weight is 452 g/mol. The van der Waals surface area contributed by atoms with Crippen LogP contribution in [-0.2, 0) is 0 Å². The van der Waals surface area contributed by atoms with Crippen LogP contribution in [0.25, 0.3) is 60.0 Å². The van der Waals surface area contributed by atoms with E-state index in [1.165, 1.54) is 32.3 Å². The highest BCUT2D eigenvalue weighted by Crippen LogP contribution is 2.40. The van der Waals surface area contributed by atoms with Crippen LogP contribution in [-0.4, -0.2) is 12.1 Å². The summed E-state index contributed by atoms with van der Waals surface area (Å²) in [5.74, 6) is 0. The Morgan fingerprint density at radius 2 is 1.34 bits per heavy atom. The van der Waals surface area contributed by atoms with E-state index in [-0.39, 0.29) is 0 Å². The molecule has 0 spiro atoms. The number of fused-ring (bicyclic) bond motifs is 3. The lowest BCUT2D eigenvalue weighted by molar-refractivity contribution is 0.376. The second-order valence-electron chi connectivity index (χ2n) is 9.29. The van der Waals surface area contributed by atoms with Crippen LogP contribution >= 0.6 is 0 Å². The molecule has 35 heavy (non-hydrogen) atoms. The van der Waals surface area contributed by atoms with E-state index in [9.17, 15) is 0 Å². The average Bonchev–Trinajstić information content (AvgIpc) is 3.47. The Morgan fingerprint density at radius 1 is 0.629 bits per heavy atom. The van der Waals surface area contributed by atoms with E-state index < -0.39 is 0 Å². The quantitative estimate of drug-likeness (QED) is 0.274. The normalized spacial score (nSPS) is 14.4. The van der Waals surface area contributed by atoms with E-state index >= 15 is 0 Å². The van der Waals surface area contributed by atoms with Crippen LogP contribution < -0.4 is 10.5 Å². The predicted molar refractivity (Wildman–Crippen MR) is 145 cm³/mol. The van der Waals surface area contributed by atoms with E-state index in [0.29, 0.717) is 0 Å². The van der Waals surface area contributed by atoms with Crippen molar-refractivity contribution in [3.8, 4) is 0 Å². The van der Waals surface area contributed by atoms with E-state index in [2.05, 4.69) is 107 Å². The SMILES string of the molecule is CN1NN(c2ccc3ccc4cccc5ccc2c3c45)C=C1c1ccc2c(c1)oc1ccccc12. The minimum Gasteiger partial charge on any atom is -0.456 e. The van der Waals surface area contributed by atoms with Crippen molar-refractivity contribution in [2.75, 3.05) is 12.1 Å². The van der Waals surface area contributed by atoms with Crippen molar-refractivity contribution >= 4 is 65.6 Å². The minimum atomic E-state index is 0.902.